The average Bonchev–Trinajstić information content (AvgIpc) is 2.51. The van der Waals surface area contributed by atoms with E-state index < -0.39 is 30.1 Å². The Morgan fingerprint density at radius 2 is 1.83 bits per heavy atom. The Balaban J connectivity index is 2.37. The van der Waals surface area contributed by atoms with E-state index in [-0.39, 0.29) is 0 Å². The minimum Gasteiger partial charge on any atom is -0.290 e. The summed E-state index contributed by atoms with van der Waals surface area (Å²) in [5.74, 6) is 2.12. The van der Waals surface area contributed by atoms with Crippen molar-refractivity contribution >= 4 is 5.78 Å². The van der Waals surface area contributed by atoms with Crippen LogP contribution < -0.4 is 0 Å². The second-order valence-corrected chi connectivity index (χ2v) is 5.31. The lowest BCUT2D eigenvalue weighted by atomic mass is 9.90. The maximum Gasteiger partial charge on any atom is 0.450 e. The fourth-order valence-electron chi connectivity index (χ4n) is 2.25. The molecule has 0 radical (unpaired) electrons. The van der Waals surface area contributed by atoms with Crippen molar-refractivity contribution in [3.63, 3.8) is 0 Å². The third kappa shape index (κ3) is 4.69. The first-order chi connectivity index (χ1) is 11.3. The van der Waals surface area contributed by atoms with Crippen LogP contribution in [0.5, 0.6) is 0 Å². The summed E-state index contributed by atoms with van der Waals surface area (Å²) in [4.78, 5) is 11.4. The van der Waals surface area contributed by atoms with Crippen molar-refractivity contribution in [2.45, 2.75) is 25.4 Å². The molecule has 1 nitrogen and oxygen atoms in total. The predicted octanol–water partition coefficient (Wildman–Crippen LogP) is 4.79. The molecular weight excluding hydrogens is 320 g/mol. The maximum atomic E-state index is 13.2. The van der Waals surface area contributed by atoms with E-state index in [1.54, 1.807) is 37.3 Å². The zero-order valence-electron chi connectivity index (χ0n) is 12.8. The number of carbonyl (C=O) groups is 1. The number of benzene rings is 2. The Labute approximate surface area is 137 Å². The summed E-state index contributed by atoms with van der Waals surface area (Å²) in [5.41, 5.74) is 1.64. The van der Waals surface area contributed by atoms with Crippen molar-refractivity contribution in [1.82, 2.24) is 0 Å². The Kier molecular flexibility index (Phi) is 5.40. The largest absolute Gasteiger partial charge is 0.450 e. The fourth-order valence-corrected chi connectivity index (χ4v) is 2.25. The van der Waals surface area contributed by atoms with Gasteiger partial charge < -0.3 is 0 Å². The number of carbonyl (C=O) groups excluding carboxylic acids is 1. The van der Waals surface area contributed by atoms with Crippen LogP contribution in [0.15, 0.2) is 48.5 Å². The molecule has 0 heterocycles. The van der Waals surface area contributed by atoms with Gasteiger partial charge in [0.2, 0.25) is 5.78 Å². The lowest BCUT2D eigenvalue weighted by molar-refractivity contribution is -0.171. The molecule has 2 aromatic rings. The van der Waals surface area contributed by atoms with E-state index >= 15 is 0 Å². The van der Waals surface area contributed by atoms with Crippen LogP contribution in [0.2, 0.25) is 0 Å². The highest BCUT2D eigenvalue weighted by atomic mass is 19.4. The summed E-state index contributed by atoms with van der Waals surface area (Å²) in [6, 6.07) is 12.3. The monoisotopic (exact) mass is 334 g/mol. The number of aryl methyl sites for hydroxylation is 1. The summed E-state index contributed by atoms with van der Waals surface area (Å²) in [6.07, 6.45) is -5.67. The van der Waals surface area contributed by atoms with Gasteiger partial charge in [0.1, 0.15) is 5.82 Å². The van der Waals surface area contributed by atoms with E-state index in [0.29, 0.717) is 11.1 Å². The SMILES string of the molecule is Cc1ccccc1[C@H](C#Cc1cccc(F)c1)CC(=O)C(F)(F)F. The molecule has 2 aromatic carbocycles. The molecule has 0 saturated carbocycles. The molecule has 2 rings (SSSR count). The number of rotatable bonds is 3. The zero-order valence-corrected chi connectivity index (χ0v) is 12.8. The fraction of sp³-hybridized carbons (Fsp3) is 0.211. The van der Waals surface area contributed by atoms with Crippen LogP contribution in [0.25, 0.3) is 0 Å². The van der Waals surface area contributed by atoms with Gasteiger partial charge in [-0.1, -0.05) is 42.2 Å². The molecule has 0 N–H and O–H groups in total. The van der Waals surface area contributed by atoms with Crippen LogP contribution in [0.3, 0.4) is 0 Å². The van der Waals surface area contributed by atoms with Crippen LogP contribution in [0.4, 0.5) is 17.6 Å². The van der Waals surface area contributed by atoms with Crippen LogP contribution in [0, 0.1) is 24.6 Å². The van der Waals surface area contributed by atoms with Gasteiger partial charge in [0.15, 0.2) is 0 Å². The second kappa shape index (κ2) is 7.31. The molecule has 0 bridgehead atoms. The Bertz CT molecular complexity index is 797. The van der Waals surface area contributed by atoms with Gasteiger partial charge in [-0.15, -0.1) is 0 Å². The lowest BCUT2D eigenvalue weighted by Crippen LogP contribution is -2.24. The summed E-state index contributed by atoms with van der Waals surface area (Å²) < 4.78 is 51.0. The average molecular weight is 334 g/mol. The molecule has 0 aromatic heterocycles. The van der Waals surface area contributed by atoms with E-state index in [2.05, 4.69) is 11.8 Å². The molecule has 24 heavy (non-hydrogen) atoms. The quantitative estimate of drug-likeness (QED) is 0.582. The first kappa shape index (κ1) is 17.7. The number of hydrogen-bond acceptors (Lipinski definition) is 1. The molecular formula is C19H14F4O. The molecule has 0 aliphatic rings. The Morgan fingerprint density at radius 1 is 1.12 bits per heavy atom. The number of ketones is 1. The Morgan fingerprint density at radius 3 is 2.46 bits per heavy atom. The van der Waals surface area contributed by atoms with Crippen molar-refractivity contribution in [3.05, 3.63) is 71.0 Å². The third-order valence-corrected chi connectivity index (χ3v) is 3.48. The maximum absolute atomic E-state index is 13.2. The van der Waals surface area contributed by atoms with Gasteiger partial charge in [-0.3, -0.25) is 4.79 Å². The normalized spacial score (nSPS) is 12.2. The van der Waals surface area contributed by atoms with Crippen molar-refractivity contribution in [2.75, 3.05) is 0 Å². The number of hydrogen-bond donors (Lipinski definition) is 0. The highest BCUT2D eigenvalue weighted by Crippen LogP contribution is 2.28. The minimum atomic E-state index is -4.90. The molecule has 0 aliphatic carbocycles. The van der Waals surface area contributed by atoms with Crippen LogP contribution in [0.1, 0.15) is 29.0 Å². The molecule has 0 amide bonds. The van der Waals surface area contributed by atoms with Crippen molar-refractivity contribution in [1.29, 1.82) is 0 Å². The first-order valence-electron chi connectivity index (χ1n) is 7.20. The van der Waals surface area contributed by atoms with Gasteiger partial charge in [0.05, 0.1) is 5.92 Å². The number of halogens is 4. The molecule has 124 valence electrons. The smallest absolute Gasteiger partial charge is 0.290 e. The molecule has 0 unspecified atom stereocenters. The molecule has 0 spiro atoms. The highest BCUT2D eigenvalue weighted by Gasteiger charge is 2.39. The highest BCUT2D eigenvalue weighted by molar-refractivity contribution is 5.85. The van der Waals surface area contributed by atoms with Crippen LogP contribution >= 0.6 is 0 Å². The third-order valence-electron chi connectivity index (χ3n) is 3.48. The summed E-state index contributed by atoms with van der Waals surface area (Å²) >= 11 is 0. The van der Waals surface area contributed by atoms with Crippen LogP contribution in [-0.4, -0.2) is 12.0 Å². The van der Waals surface area contributed by atoms with Gasteiger partial charge in [0.25, 0.3) is 0 Å². The molecule has 0 fully saturated rings. The number of alkyl halides is 3. The van der Waals surface area contributed by atoms with E-state index in [1.807, 2.05) is 0 Å². The molecule has 0 saturated heterocycles. The predicted molar refractivity (Wildman–Crippen MR) is 82.9 cm³/mol. The van der Waals surface area contributed by atoms with E-state index in [0.717, 1.165) is 5.56 Å². The van der Waals surface area contributed by atoms with Gasteiger partial charge >= 0.3 is 6.18 Å². The van der Waals surface area contributed by atoms with Crippen LogP contribution in [-0.2, 0) is 4.79 Å². The van der Waals surface area contributed by atoms with Crippen molar-refractivity contribution in [2.24, 2.45) is 0 Å². The van der Waals surface area contributed by atoms with Gasteiger partial charge in [0, 0.05) is 12.0 Å². The standard InChI is InChI=1S/C19H14F4O/c1-13-5-2-3-8-17(13)15(12-18(24)19(21,22)23)10-9-14-6-4-7-16(20)11-14/h2-8,11,15H,12H2,1H3/t15-/m1/s1. The van der Waals surface area contributed by atoms with E-state index in [4.69, 9.17) is 0 Å². The van der Waals surface area contributed by atoms with E-state index in [9.17, 15) is 22.4 Å². The van der Waals surface area contributed by atoms with Crippen molar-refractivity contribution < 1.29 is 22.4 Å². The lowest BCUT2D eigenvalue weighted by Gasteiger charge is -2.14. The van der Waals surface area contributed by atoms with Gasteiger partial charge in [-0.25, -0.2) is 4.39 Å². The Hall–Kier alpha value is -2.61. The summed E-state index contributed by atoms with van der Waals surface area (Å²) in [7, 11) is 0. The van der Waals surface area contributed by atoms with E-state index in [1.165, 1.54) is 18.2 Å². The summed E-state index contributed by atoms with van der Waals surface area (Å²) in [5, 5.41) is 0. The summed E-state index contributed by atoms with van der Waals surface area (Å²) in [6.45, 7) is 1.74. The molecule has 5 heteroatoms. The van der Waals surface area contributed by atoms with Crippen molar-refractivity contribution in [3.8, 4) is 11.8 Å². The minimum absolute atomic E-state index is 0.341. The van der Waals surface area contributed by atoms with Gasteiger partial charge in [-0.05, 0) is 36.2 Å². The topological polar surface area (TPSA) is 17.1 Å². The molecule has 0 aliphatic heterocycles. The second-order valence-electron chi connectivity index (χ2n) is 5.31. The molecule has 1 atom stereocenters. The van der Waals surface area contributed by atoms with Gasteiger partial charge in [-0.2, -0.15) is 13.2 Å². The first-order valence-corrected chi connectivity index (χ1v) is 7.20. The number of Topliss-reactive ketones (excluding diaryl/α,β-unsaturated/α-hetero) is 1. The zero-order chi connectivity index (χ0) is 17.7.